The zero-order valence-electron chi connectivity index (χ0n) is 11.0. The fourth-order valence-corrected chi connectivity index (χ4v) is 3.21. The topological polar surface area (TPSA) is 136 Å². The quantitative estimate of drug-likeness (QED) is 0.525. The molecule has 1 aromatic rings. The van der Waals surface area contributed by atoms with E-state index in [1.54, 1.807) is 13.0 Å². The van der Waals surface area contributed by atoms with E-state index < -0.39 is 28.8 Å². The number of benzene rings is 1. The molecule has 8 heteroatoms. The Hall–Kier alpha value is -1.66. The van der Waals surface area contributed by atoms with Gasteiger partial charge in [0, 0.05) is 5.69 Å². The number of hydrogen-bond acceptors (Lipinski definition) is 6. The molecule has 0 aromatic heterocycles. The number of aliphatic hydroxyl groups is 2. The van der Waals surface area contributed by atoms with Crippen LogP contribution in [0.15, 0.2) is 23.1 Å². The molecule has 0 bridgehead atoms. The molecule has 0 fully saturated rings. The molecule has 1 rings (SSSR count). The molecule has 0 atom stereocenters. The monoisotopic (exact) mass is 299 g/mol. The Balaban J connectivity index is 3.28. The molecule has 0 saturated heterocycles. The molecule has 0 spiro atoms. The number of nitrogens with one attached hydrogen (secondary N) is 1. The SMILES string of the molecule is CCC(CO)(CO)NS(=O)(=O)c1ccc(N)cc1C#N. The van der Waals surface area contributed by atoms with Gasteiger partial charge in [-0.25, -0.2) is 13.1 Å². The first kappa shape index (κ1) is 16.4. The van der Waals surface area contributed by atoms with Crippen molar-refractivity contribution in [1.29, 1.82) is 5.26 Å². The molecule has 5 N–H and O–H groups in total. The Kier molecular flexibility index (Phi) is 5.08. The summed E-state index contributed by atoms with van der Waals surface area (Å²) in [6.07, 6.45) is 0.191. The summed E-state index contributed by atoms with van der Waals surface area (Å²) in [5.41, 5.74) is 4.31. The Morgan fingerprint density at radius 3 is 2.45 bits per heavy atom. The lowest BCUT2D eigenvalue weighted by atomic mass is 10.0. The number of hydrogen-bond donors (Lipinski definition) is 4. The van der Waals surface area contributed by atoms with Crippen LogP contribution in [0, 0.1) is 11.3 Å². The number of nitrogens with two attached hydrogens (primary N) is 1. The van der Waals surface area contributed by atoms with Gasteiger partial charge in [-0.3, -0.25) is 0 Å². The average Bonchev–Trinajstić information content (AvgIpc) is 2.44. The van der Waals surface area contributed by atoms with Crippen LogP contribution in [0.3, 0.4) is 0 Å². The second kappa shape index (κ2) is 6.19. The van der Waals surface area contributed by atoms with Crippen LogP contribution in [-0.4, -0.2) is 37.4 Å². The third-order valence-corrected chi connectivity index (χ3v) is 4.68. The molecule has 7 nitrogen and oxygen atoms in total. The Morgan fingerprint density at radius 2 is 2.00 bits per heavy atom. The Morgan fingerprint density at radius 1 is 1.40 bits per heavy atom. The van der Waals surface area contributed by atoms with Crippen molar-refractivity contribution in [1.82, 2.24) is 4.72 Å². The highest BCUT2D eigenvalue weighted by molar-refractivity contribution is 7.89. The molecular formula is C12H17N3O4S. The normalized spacial score (nSPS) is 12.1. The smallest absolute Gasteiger partial charge is 0.242 e. The van der Waals surface area contributed by atoms with Gasteiger partial charge in [-0.2, -0.15) is 5.26 Å². The number of rotatable bonds is 6. The summed E-state index contributed by atoms with van der Waals surface area (Å²) in [7, 11) is -4.06. The summed E-state index contributed by atoms with van der Waals surface area (Å²) in [6.45, 7) is 0.509. The molecule has 0 unspecified atom stereocenters. The van der Waals surface area contributed by atoms with Gasteiger partial charge in [0.1, 0.15) is 6.07 Å². The Bertz CT molecular complexity index is 610. The minimum Gasteiger partial charge on any atom is -0.399 e. The molecule has 0 amide bonds. The van der Waals surface area contributed by atoms with E-state index in [1.807, 2.05) is 0 Å². The lowest BCUT2D eigenvalue weighted by molar-refractivity contribution is 0.105. The summed E-state index contributed by atoms with van der Waals surface area (Å²) >= 11 is 0. The molecule has 110 valence electrons. The van der Waals surface area contributed by atoms with Gasteiger partial charge >= 0.3 is 0 Å². The van der Waals surface area contributed by atoms with Crippen molar-refractivity contribution in [2.45, 2.75) is 23.8 Å². The van der Waals surface area contributed by atoms with Gasteiger partial charge in [0.25, 0.3) is 0 Å². The van der Waals surface area contributed by atoms with Crippen LogP contribution < -0.4 is 10.5 Å². The second-order valence-corrected chi connectivity index (χ2v) is 6.07. The van der Waals surface area contributed by atoms with E-state index in [9.17, 15) is 18.6 Å². The van der Waals surface area contributed by atoms with Crippen LogP contribution in [0.2, 0.25) is 0 Å². The molecule has 1 aromatic carbocycles. The van der Waals surface area contributed by atoms with Crippen molar-refractivity contribution >= 4 is 15.7 Å². The minimum atomic E-state index is -4.06. The van der Waals surface area contributed by atoms with Gasteiger partial charge in [0.15, 0.2) is 0 Å². The van der Waals surface area contributed by atoms with Crippen LogP contribution >= 0.6 is 0 Å². The largest absolute Gasteiger partial charge is 0.399 e. The van der Waals surface area contributed by atoms with Crippen LogP contribution in [0.5, 0.6) is 0 Å². The minimum absolute atomic E-state index is 0.0987. The number of nitrogens with zero attached hydrogens (tertiary/aromatic N) is 1. The first-order valence-electron chi connectivity index (χ1n) is 5.89. The third-order valence-electron chi connectivity index (χ3n) is 3.05. The zero-order valence-corrected chi connectivity index (χ0v) is 11.8. The molecule has 0 saturated carbocycles. The van der Waals surface area contributed by atoms with Gasteiger partial charge in [-0.15, -0.1) is 0 Å². The maximum atomic E-state index is 12.3. The molecule has 0 aliphatic carbocycles. The van der Waals surface area contributed by atoms with E-state index in [4.69, 9.17) is 11.0 Å². The highest BCUT2D eigenvalue weighted by atomic mass is 32.2. The van der Waals surface area contributed by atoms with Crippen LogP contribution in [0.25, 0.3) is 0 Å². The first-order chi connectivity index (χ1) is 9.34. The van der Waals surface area contributed by atoms with Crippen molar-refractivity contribution in [2.24, 2.45) is 0 Å². The second-order valence-electron chi connectivity index (χ2n) is 4.42. The lowest BCUT2D eigenvalue weighted by Gasteiger charge is -2.29. The van der Waals surface area contributed by atoms with E-state index in [0.717, 1.165) is 0 Å². The maximum Gasteiger partial charge on any atom is 0.242 e. The van der Waals surface area contributed by atoms with E-state index in [1.165, 1.54) is 18.2 Å². The van der Waals surface area contributed by atoms with Crippen molar-refractivity contribution in [3.8, 4) is 6.07 Å². The standard InChI is InChI=1S/C12H17N3O4S/c1-2-12(7-16,8-17)15-20(18,19)11-4-3-10(14)5-9(11)6-13/h3-5,15-17H,2,7-8,14H2,1H3. The summed E-state index contributed by atoms with van der Waals surface area (Å²) in [6, 6.07) is 5.58. The number of aliphatic hydroxyl groups excluding tert-OH is 2. The van der Waals surface area contributed by atoms with Crippen molar-refractivity contribution in [3.05, 3.63) is 23.8 Å². The van der Waals surface area contributed by atoms with Crippen LogP contribution in [0.1, 0.15) is 18.9 Å². The molecule has 0 radical (unpaired) electrons. The number of sulfonamides is 1. The van der Waals surface area contributed by atoms with Gasteiger partial charge in [0.2, 0.25) is 10.0 Å². The fourth-order valence-electron chi connectivity index (χ4n) is 1.62. The van der Waals surface area contributed by atoms with E-state index in [2.05, 4.69) is 4.72 Å². The van der Waals surface area contributed by atoms with Crippen LogP contribution in [0.4, 0.5) is 5.69 Å². The average molecular weight is 299 g/mol. The van der Waals surface area contributed by atoms with Gasteiger partial charge in [-0.05, 0) is 24.6 Å². The first-order valence-corrected chi connectivity index (χ1v) is 7.38. The molecule has 0 heterocycles. The zero-order chi connectivity index (χ0) is 15.4. The van der Waals surface area contributed by atoms with Gasteiger partial charge in [-0.1, -0.05) is 6.92 Å². The summed E-state index contributed by atoms with van der Waals surface area (Å²) in [5, 5.41) is 27.6. The highest BCUT2D eigenvalue weighted by Gasteiger charge is 2.33. The van der Waals surface area contributed by atoms with E-state index in [-0.39, 0.29) is 22.6 Å². The lowest BCUT2D eigenvalue weighted by Crippen LogP contribution is -2.53. The molecule has 0 aliphatic heterocycles. The number of nitriles is 1. The van der Waals surface area contributed by atoms with Crippen molar-refractivity contribution in [3.63, 3.8) is 0 Å². The summed E-state index contributed by atoms with van der Waals surface area (Å²) in [5.74, 6) is 0. The van der Waals surface area contributed by atoms with Crippen molar-refractivity contribution in [2.75, 3.05) is 18.9 Å². The molecular weight excluding hydrogens is 282 g/mol. The predicted octanol–water partition coefficient (Wildman–Crippen LogP) is -0.448. The summed E-state index contributed by atoms with van der Waals surface area (Å²) in [4.78, 5) is -0.242. The highest BCUT2D eigenvalue weighted by Crippen LogP contribution is 2.21. The Labute approximate surface area is 117 Å². The van der Waals surface area contributed by atoms with Gasteiger partial charge < -0.3 is 15.9 Å². The van der Waals surface area contributed by atoms with E-state index >= 15 is 0 Å². The third kappa shape index (κ3) is 3.26. The maximum absolute atomic E-state index is 12.3. The van der Waals surface area contributed by atoms with Gasteiger partial charge in [0.05, 0.1) is 29.2 Å². The number of anilines is 1. The predicted molar refractivity (Wildman–Crippen MR) is 73.1 cm³/mol. The van der Waals surface area contributed by atoms with Crippen molar-refractivity contribution < 1.29 is 18.6 Å². The molecule has 20 heavy (non-hydrogen) atoms. The molecule has 0 aliphatic rings. The number of nitrogen functional groups attached to an aromatic ring is 1. The van der Waals surface area contributed by atoms with Crippen LogP contribution in [-0.2, 0) is 10.0 Å². The fraction of sp³-hybridized carbons (Fsp3) is 0.417. The summed E-state index contributed by atoms with van der Waals surface area (Å²) < 4.78 is 26.8. The van der Waals surface area contributed by atoms with E-state index in [0.29, 0.717) is 0 Å².